The molecular formula is C13H15FO3. The average Bonchev–Trinajstić information content (AvgIpc) is 3.12. The van der Waals surface area contributed by atoms with E-state index < -0.39 is 11.2 Å². The van der Waals surface area contributed by atoms with Crippen molar-refractivity contribution in [3.05, 3.63) is 29.6 Å². The standard InChI is InChI=1S/C13H15FO3/c1-2-17-11-4-3-9(7-10(11)14)12(16)13(8-15)5-6-13/h3-4,7,15H,2,5-6,8H2,1H3. The summed E-state index contributed by atoms with van der Waals surface area (Å²) < 4.78 is 18.6. The fourth-order valence-corrected chi connectivity index (χ4v) is 1.83. The number of Topliss-reactive ketones (excluding diaryl/α,β-unsaturated/α-hetero) is 1. The van der Waals surface area contributed by atoms with Crippen LogP contribution in [0, 0.1) is 11.2 Å². The smallest absolute Gasteiger partial charge is 0.171 e. The summed E-state index contributed by atoms with van der Waals surface area (Å²) in [6, 6.07) is 4.19. The highest BCUT2D eigenvalue weighted by atomic mass is 19.1. The van der Waals surface area contributed by atoms with E-state index in [2.05, 4.69) is 0 Å². The van der Waals surface area contributed by atoms with Crippen LogP contribution in [0.5, 0.6) is 5.75 Å². The number of ketones is 1. The highest BCUT2D eigenvalue weighted by Gasteiger charge is 2.49. The van der Waals surface area contributed by atoms with Gasteiger partial charge in [-0.25, -0.2) is 4.39 Å². The van der Waals surface area contributed by atoms with Crippen molar-refractivity contribution in [2.45, 2.75) is 19.8 Å². The van der Waals surface area contributed by atoms with Crippen LogP contribution in [0.4, 0.5) is 4.39 Å². The monoisotopic (exact) mass is 238 g/mol. The van der Waals surface area contributed by atoms with Crippen molar-refractivity contribution in [2.75, 3.05) is 13.2 Å². The van der Waals surface area contributed by atoms with Crippen LogP contribution in [0.25, 0.3) is 0 Å². The number of halogens is 1. The Morgan fingerprint density at radius 1 is 1.53 bits per heavy atom. The Balaban J connectivity index is 2.23. The molecule has 1 aliphatic carbocycles. The third kappa shape index (κ3) is 2.17. The van der Waals surface area contributed by atoms with Gasteiger partial charge in [0.05, 0.1) is 18.6 Å². The molecule has 0 spiro atoms. The van der Waals surface area contributed by atoms with Gasteiger partial charge in [0.1, 0.15) is 0 Å². The minimum atomic E-state index is -0.653. The first-order valence-electron chi connectivity index (χ1n) is 5.71. The molecule has 3 nitrogen and oxygen atoms in total. The Morgan fingerprint density at radius 3 is 2.71 bits per heavy atom. The number of carbonyl (C=O) groups is 1. The van der Waals surface area contributed by atoms with Crippen LogP contribution in [0.15, 0.2) is 18.2 Å². The number of hydrogen-bond donors (Lipinski definition) is 1. The van der Waals surface area contributed by atoms with Gasteiger partial charge < -0.3 is 9.84 Å². The molecule has 17 heavy (non-hydrogen) atoms. The summed E-state index contributed by atoms with van der Waals surface area (Å²) in [4.78, 5) is 12.0. The Labute approximate surface area is 99.2 Å². The van der Waals surface area contributed by atoms with Gasteiger partial charge in [-0.05, 0) is 38.0 Å². The molecule has 0 amide bonds. The van der Waals surface area contributed by atoms with Crippen molar-refractivity contribution in [3.8, 4) is 5.75 Å². The van der Waals surface area contributed by atoms with Crippen molar-refractivity contribution in [2.24, 2.45) is 5.41 Å². The van der Waals surface area contributed by atoms with Gasteiger partial charge in [0.2, 0.25) is 0 Å². The number of rotatable bonds is 5. The maximum atomic E-state index is 13.6. The summed E-state index contributed by atoms with van der Waals surface area (Å²) >= 11 is 0. The lowest BCUT2D eigenvalue weighted by Crippen LogP contribution is -2.20. The maximum Gasteiger partial charge on any atom is 0.171 e. The third-order valence-corrected chi connectivity index (χ3v) is 3.13. The molecule has 1 aromatic rings. The normalized spacial score (nSPS) is 16.6. The van der Waals surface area contributed by atoms with Crippen LogP contribution in [0.2, 0.25) is 0 Å². The van der Waals surface area contributed by atoms with Crippen LogP contribution in [0.1, 0.15) is 30.1 Å². The Kier molecular flexibility index (Phi) is 3.15. The zero-order valence-electron chi connectivity index (χ0n) is 9.70. The molecular weight excluding hydrogens is 223 g/mol. The second-order valence-corrected chi connectivity index (χ2v) is 4.35. The van der Waals surface area contributed by atoms with Crippen molar-refractivity contribution >= 4 is 5.78 Å². The van der Waals surface area contributed by atoms with Crippen LogP contribution >= 0.6 is 0 Å². The van der Waals surface area contributed by atoms with E-state index in [1.807, 2.05) is 0 Å². The van der Waals surface area contributed by atoms with Gasteiger partial charge in [-0.1, -0.05) is 0 Å². The van der Waals surface area contributed by atoms with E-state index in [0.29, 0.717) is 25.0 Å². The minimum absolute atomic E-state index is 0.151. The molecule has 1 fully saturated rings. The predicted octanol–water partition coefficient (Wildman–Crippen LogP) is 2.18. The molecule has 0 atom stereocenters. The summed E-state index contributed by atoms with van der Waals surface area (Å²) in [6.07, 6.45) is 1.36. The minimum Gasteiger partial charge on any atom is -0.491 e. The van der Waals surface area contributed by atoms with Gasteiger partial charge in [0.25, 0.3) is 0 Å². The van der Waals surface area contributed by atoms with Crippen molar-refractivity contribution < 1.29 is 19.0 Å². The number of hydrogen-bond acceptors (Lipinski definition) is 3. The first kappa shape index (κ1) is 12.0. The number of carbonyl (C=O) groups excluding carboxylic acids is 1. The summed E-state index contributed by atoms with van der Waals surface area (Å²) in [5.74, 6) is -0.564. The topological polar surface area (TPSA) is 46.5 Å². The number of aliphatic hydroxyl groups is 1. The second-order valence-electron chi connectivity index (χ2n) is 4.35. The molecule has 92 valence electrons. The number of benzene rings is 1. The summed E-state index contributed by atoms with van der Waals surface area (Å²) in [7, 11) is 0. The van der Waals surface area contributed by atoms with Crippen molar-refractivity contribution in [1.82, 2.24) is 0 Å². The largest absolute Gasteiger partial charge is 0.491 e. The Morgan fingerprint density at radius 2 is 2.24 bits per heavy atom. The van der Waals surface area contributed by atoms with Gasteiger partial charge in [0.15, 0.2) is 17.3 Å². The SMILES string of the molecule is CCOc1ccc(C(=O)C2(CO)CC2)cc1F. The van der Waals surface area contributed by atoms with Crippen molar-refractivity contribution in [3.63, 3.8) is 0 Å². The lowest BCUT2D eigenvalue weighted by molar-refractivity contribution is 0.0829. The molecule has 0 heterocycles. The zero-order chi connectivity index (χ0) is 12.5. The molecule has 2 rings (SSSR count). The molecule has 0 unspecified atom stereocenters. The van der Waals surface area contributed by atoms with Crippen LogP contribution in [-0.4, -0.2) is 24.1 Å². The summed E-state index contributed by atoms with van der Waals surface area (Å²) in [5, 5.41) is 9.16. The molecule has 1 aromatic carbocycles. The summed E-state index contributed by atoms with van der Waals surface area (Å²) in [6.45, 7) is 1.98. The second kappa shape index (κ2) is 4.45. The quantitative estimate of drug-likeness (QED) is 0.800. The fraction of sp³-hybridized carbons (Fsp3) is 0.462. The predicted molar refractivity (Wildman–Crippen MR) is 60.7 cm³/mol. The first-order chi connectivity index (χ1) is 8.13. The Bertz CT molecular complexity index is 438. The summed E-state index contributed by atoms with van der Waals surface area (Å²) in [5.41, 5.74) is -0.350. The van der Waals surface area contributed by atoms with E-state index >= 15 is 0 Å². The van der Waals surface area contributed by atoms with Gasteiger partial charge >= 0.3 is 0 Å². The molecule has 0 aromatic heterocycles. The third-order valence-electron chi connectivity index (χ3n) is 3.13. The number of ether oxygens (including phenoxy) is 1. The fourth-order valence-electron chi connectivity index (χ4n) is 1.83. The van der Waals surface area contributed by atoms with Gasteiger partial charge in [0, 0.05) is 5.56 Å². The lowest BCUT2D eigenvalue weighted by Gasteiger charge is -2.11. The van der Waals surface area contributed by atoms with Gasteiger partial charge in [-0.15, -0.1) is 0 Å². The lowest BCUT2D eigenvalue weighted by atomic mass is 9.95. The molecule has 0 aliphatic heterocycles. The van der Waals surface area contributed by atoms with Crippen LogP contribution in [0.3, 0.4) is 0 Å². The van der Waals surface area contributed by atoms with Crippen LogP contribution in [-0.2, 0) is 0 Å². The van der Waals surface area contributed by atoms with E-state index in [9.17, 15) is 9.18 Å². The van der Waals surface area contributed by atoms with E-state index in [-0.39, 0.29) is 18.1 Å². The molecule has 4 heteroatoms. The van der Waals surface area contributed by atoms with E-state index in [0.717, 1.165) is 0 Å². The molecule has 1 aliphatic rings. The highest BCUT2D eigenvalue weighted by molar-refractivity contribution is 6.02. The molecule has 1 N–H and O–H groups in total. The maximum absolute atomic E-state index is 13.6. The highest BCUT2D eigenvalue weighted by Crippen LogP contribution is 2.47. The van der Waals surface area contributed by atoms with E-state index in [4.69, 9.17) is 9.84 Å². The van der Waals surface area contributed by atoms with Gasteiger partial charge in [-0.2, -0.15) is 0 Å². The van der Waals surface area contributed by atoms with E-state index in [1.54, 1.807) is 13.0 Å². The Hall–Kier alpha value is -1.42. The molecule has 0 bridgehead atoms. The van der Waals surface area contributed by atoms with Gasteiger partial charge in [-0.3, -0.25) is 4.79 Å². The van der Waals surface area contributed by atoms with E-state index in [1.165, 1.54) is 12.1 Å². The van der Waals surface area contributed by atoms with Crippen LogP contribution < -0.4 is 4.74 Å². The average molecular weight is 238 g/mol. The molecule has 0 radical (unpaired) electrons. The molecule has 0 saturated heterocycles. The first-order valence-corrected chi connectivity index (χ1v) is 5.71. The number of aliphatic hydroxyl groups excluding tert-OH is 1. The molecule has 1 saturated carbocycles. The zero-order valence-corrected chi connectivity index (χ0v) is 9.70. The van der Waals surface area contributed by atoms with Crippen molar-refractivity contribution in [1.29, 1.82) is 0 Å².